The molecule has 2 amide bonds. The Balaban J connectivity index is 2.26. The fourth-order valence-corrected chi connectivity index (χ4v) is 2.75. The molecule has 1 aromatic heterocycles. The van der Waals surface area contributed by atoms with Crippen molar-refractivity contribution in [3.05, 3.63) is 40.9 Å². The van der Waals surface area contributed by atoms with Crippen molar-refractivity contribution in [3.63, 3.8) is 0 Å². The summed E-state index contributed by atoms with van der Waals surface area (Å²) >= 11 is 1.40. The lowest BCUT2D eigenvalue weighted by atomic mass is 9.93. The Hall–Kier alpha value is -1.88. The first-order chi connectivity index (χ1) is 9.99. The number of carbonyl (C=O) groups is 1. The molecule has 0 aliphatic rings. The van der Waals surface area contributed by atoms with E-state index < -0.39 is 0 Å². The maximum atomic E-state index is 12.2. The largest absolute Gasteiger partial charge is 0.325 e. The van der Waals surface area contributed by atoms with Crippen molar-refractivity contribution in [1.82, 2.24) is 4.98 Å². The van der Waals surface area contributed by atoms with E-state index >= 15 is 0 Å². The van der Waals surface area contributed by atoms with E-state index in [2.05, 4.69) is 61.5 Å². The van der Waals surface area contributed by atoms with Crippen LogP contribution in [0.3, 0.4) is 0 Å². The topological polar surface area (TPSA) is 54.0 Å². The predicted octanol–water partition coefficient (Wildman–Crippen LogP) is 5.03. The third-order valence-corrected chi connectivity index (χ3v) is 3.95. The minimum Gasteiger partial charge on any atom is -0.307 e. The summed E-state index contributed by atoms with van der Waals surface area (Å²) in [7, 11) is 0. The van der Waals surface area contributed by atoms with Crippen LogP contribution in [0.5, 0.6) is 0 Å². The number of urea groups is 1. The Morgan fingerprint density at radius 3 is 2.19 bits per heavy atom. The Labute approximate surface area is 129 Å². The minimum absolute atomic E-state index is 0.250. The number of nitrogens with one attached hydrogen (secondary N) is 2. The standard InChI is InChI=1S/C16H21N3OS/c1-10(2)12-6-5-7-13(11(3)4)14(12)18-15(20)19-16-17-8-9-21-16/h5-11H,1-4H3,(H2,17,18,19,20). The fourth-order valence-electron chi connectivity index (χ4n) is 2.22. The second-order valence-corrected chi connectivity index (χ2v) is 6.43. The number of rotatable bonds is 4. The quantitative estimate of drug-likeness (QED) is 0.832. The molecule has 21 heavy (non-hydrogen) atoms. The van der Waals surface area contributed by atoms with Gasteiger partial charge in [0.15, 0.2) is 5.13 Å². The SMILES string of the molecule is CC(C)c1cccc(C(C)C)c1NC(=O)Nc1nccs1. The Kier molecular flexibility index (Phi) is 4.96. The van der Waals surface area contributed by atoms with Gasteiger partial charge >= 0.3 is 6.03 Å². The van der Waals surface area contributed by atoms with Gasteiger partial charge in [-0.2, -0.15) is 0 Å². The summed E-state index contributed by atoms with van der Waals surface area (Å²) in [6, 6.07) is 5.93. The molecule has 2 N–H and O–H groups in total. The van der Waals surface area contributed by atoms with Crippen LogP contribution in [0.2, 0.25) is 0 Å². The van der Waals surface area contributed by atoms with Crippen molar-refractivity contribution in [2.24, 2.45) is 0 Å². The molecule has 0 aliphatic heterocycles. The minimum atomic E-state index is -0.250. The number of nitrogens with zero attached hydrogens (tertiary/aromatic N) is 1. The van der Waals surface area contributed by atoms with Gasteiger partial charge < -0.3 is 5.32 Å². The number of carbonyl (C=O) groups excluding carboxylic acids is 1. The molecule has 112 valence electrons. The third-order valence-electron chi connectivity index (χ3n) is 3.26. The van der Waals surface area contributed by atoms with Crippen LogP contribution in [0.25, 0.3) is 0 Å². The van der Waals surface area contributed by atoms with Gasteiger partial charge in [-0.1, -0.05) is 45.9 Å². The van der Waals surface area contributed by atoms with Gasteiger partial charge in [0.05, 0.1) is 0 Å². The Morgan fingerprint density at radius 1 is 1.10 bits per heavy atom. The van der Waals surface area contributed by atoms with Crippen molar-refractivity contribution >= 4 is 28.2 Å². The molecule has 0 unspecified atom stereocenters. The number of anilines is 2. The third kappa shape index (κ3) is 3.82. The number of aromatic nitrogens is 1. The number of para-hydroxylation sites is 1. The van der Waals surface area contributed by atoms with Crippen molar-refractivity contribution in [1.29, 1.82) is 0 Å². The number of hydrogen-bond donors (Lipinski definition) is 2. The van der Waals surface area contributed by atoms with Crippen LogP contribution < -0.4 is 10.6 Å². The summed E-state index contributed by atoms with van der Waals surface area (Å²) in [5.74, 6) is 0.692. The van der Waals surface area contributed by atoms with Gasteiger partial charge in [0.25, 0.3) is 0 Å². The number of benzene rings is 1. The smallest absolute Gasteiger partial charge is 0.307 e. The highest BCUT2D eigenvalue weighted by Gasteiger charge is 2.16. The molecular weight excluding hydrogens is 282 g/mol. The molecule has 2 aromatic rings. The Morgan fingerprint density at radius 2 is 1.71 bits per heavy atom. The summed E-state index contributed by atoms with van der Waals surface area (Å²) in [6.45, 7) is 8.51. The lowest BCUT2D eigenvalue weighted by Crippen LogP contribution is -2.21. The first kappa shape index (κ1) is 15.5. The van der Waals surface area contributed by atoms with E-state index in [-0.39, 0.29) is 6.03 Å². The Bertz CT molecular complexity index is 580. The van der Waals surface area contributed by atoms with Crippen molar-refractivity contribution in [2.75, 3.05) is 10.6 Å². The maximum Gasteiger partial charge on any atom is 0.325 e. The van der Waals surface area contributed by atoms with E-state index in [4.69, 9.17) is 0 Å². The molecule has 0 spiro atoms. The lowest BCUT2D eigenvalue weighted by Gasteiger charge is -2.20. The molecule has 0 radical (unpaired) electrons. The van der Waals surface area contributed by atoms with Crippen LogP contribution in [-0.2, 0) is 0 Å². The van der Waals surface area contributed by atoms with Crippen LogP contribution in [0.15, 0.2) is 29.8 Å². The molecule has 0 saturated carbocycles. The van der Waals surface area contributed by atoms with E-state index in [0.29, 0.717) is 17.0 Å². The van der Waals surface area contributed by atoms with Crippen molar-refractivity contribution in [2.45, 2.75) is 39.5 Å². The zero-order chi connectivity index (χ0) is 15.4. The maximum absolute atomic E-state index is 12.2. The molecule has 0 bridgehead atoms. The predicted molar refractivity (Wildman–Crippen MR) is 89.4 cm³/mol. The monoisotopic (exact) mass is 303 g/mol. The molecule has 5 heteroatoms. The number of amides is 2. The van der Waals surface area contributed by atoms with Crippen LogP contribution in [0.1, 0.15) is 50.7 Å². The fraction of sp³-hybridized carbons (Fsp3) is 0.375. The molecular formula is C16H21N3OS. The molecule has 1 aromatic carbocycles. The highest BCUT2D eigenvalue weighted by molar-refractivity contribution is 7.13. The lowest BCUT2D eigenvalue weighted by molar-refractivity contribution is 0.262. The molecule has 1 heterocycles. The van der Waals surface area contributed by atoms with Gasteiger partial charge in [-0.25, -0.2) is 9.78 Å². The molecule has 4 nitrogen and oxygen atoms in total. The van der Waals surface area contributed by atoms with Gasteiger partial charge in [-0.3, -0.25) is 5.32 Å². The van der Waals surface area contributed by atoms with E-state index in [1.54, 1.807) is 6.20 Å². The zero-order valence-corrected chi connectivity index (χ0v) is 13.6. The van der Waals surface area contributed by atoms with Crippen molar-refractivity contribution in [3.8, 4) is 0 Å². The normalized spacial score (nSPS) is 11.0. The van der Waals surface area contributed by atoms with E-state index in [1.807, 2.05) is 5.38 Å². The van der Waals surface area contributed by atoms with Crippen LogP contribution >= 0.6 is 11.3 Å². The van der Waals surface area contributed by atoms with E-state index in [9.17, 15) is 4.79 Å². The van der Waals surface area contributed by atoms with Gasteiger partial charge in [0, 0.05) is 17.3 Å². The van der Waals surface area contributed by atoms with E-state index in [0.717, 1.165) is 16.8 Å². The van der Waals surface area contributed by atoms with Crippen LogP contribution in [0.4, 0.5) is 15.6 Å². The summed E-state index contributed by atoms with van der Waals surface area (Å²) in [4.78, 5) is 16.2. The summed E-state index contributed by atoms with van der Waals surface area (Å²) in [5, 5.41) is 8.19. The highest BCUT2D eigenvalue weighted by atomic mass is 32.1. The van der Waals surface area contributed by atoms with Gasteiger partial charge in [0.2, 0.25) is 0 Å². The number of hydrogen-bond acceptors (Lipinski definition) is 3. The molecule has 2 rings (SSSR count). The van der Waals surface area contributed by atoms with Gasteiger partial charge in [0.1, 0.15) is 0 Å². The summed E-state index contributed by atoms with van der Waals surface area (Å²) in [5.41, 5.74) is 3.21. The van der Waals surface area contributed by atoms with E-state index in [1.165, 1.54) is 11.3 Å². The summed E-state index contributed by atoms with van der Waals surface area (Å²) < 4.78 is 0. The van der Waals surface area contributed by atoms with Crippen LogP contribution in [-0.4, -0.2) is 11.0 Å². The molecule has 0 atom stereocenters. The van der Waals surface area contributed by atoms with Crippen molar-refractivity contribution < 1.29 is 4.79 Å². The van der Waals surface area contributed by atoms with Crippen LogP contribution in [0, 0.1) is 0 Å². The second-order valence-electron chi connectivity index (χ2n) is 5.54. The van der Waals surface area contributed by atoms with Gasteiger partial charge in [-0.15, -0.1) is 11.3 Å². The second kappa shape index (κ2) is 6.72. The first-order valence-electron chi connectivity index (χ1n) is 7.09. The zero-order valence-electron chi connectivity index (χ0n) is 12.8. The average Bonchev–Trinajstić information content (AvgIpc) is 2.91. The average molecular weight is 303 g/mol. The summed E-state index contributed by atoms with van der Waals surface area (Å²) in [6.07, 6.45) is 1.67. The molecule has 0 fully saturated rings. The van der Waals surface area contributed by atoms with Gasteiger partial charge in [-0.05, 0) is 23.0 Å². The number of thiazole rings is 1. The molecule has 0 saturated heterocycles. The molecule has 0 aliphatic carbocycles. The first-order valence-corrected chi connectivity index (χ1v) is 7.97. The highest BCUT2D eigenvalue weighted by Crippen LogP contribution is 2.32.